The van der Waals surface area contributed by atoms with Crippen molar-refractivity contribution in [2.24, 2.45) is 0 Å². The molecule has 0 bridgehead atoms. The molecule has 0 aliphatic heterocycles. The zero-order valence-electron chi connectivity index (χ0n) is 10.9. The van der Waals surface area contributed by atoms with Crippen molar-refractivity contribution in [2.75, 3.05) is 5.32 Å². The maximum atomic E-state index is 9.10. The van der Waals surface area contributed by atoms with E-state index in [2.05, 4.69) is 31.3 Å². The first kappa shape index (κ1) is 12.7. The number of benzene rings is 1. The first-order valence-corrected chi connectivity index (χ1v) is 6.73. The number of thiophene rings is 1. The summed E-state index contributed by atoms with van der Waals surface area (Å²) in [7, 11) is 0. The summed E-state index contributed by atoms with van der Waals surface area (Å²) in [6.07, 6.45) is 0. The van der Waals surface area contributed by atoms with Crippen LogP contribution in [0.2, 0.25) is 0 Å². The van der Waals surface area contributed by atoms with Crippen LogP contribution in [0.15, 0.2) is 24.3 Å². The Morgan fingerprint density at radius 2 is 2.00 bits per heavy atom. The molecule has 0 saturated carbocycles. The van der Waals surface area contributed by atoms with Gasteiger partial charge < -0.3 is 5.32 Å². The Kier molecular flexibility index (Phi) is 3.69. The summed E-state index contributed by atoms with van der Waals surface area (Å²) in [6.45, 7) is 7.06. The number of rotatable bonds is 3. The number of nitriles is 1. The highest BCUT2D eigenvalue weighted by Crippen LogP contribution is 2.24. The number of hydrogen-bond donors (Lipinski definition) is 1. The number of nitrogens with zero attached hydrogens (tertiary/aromatic N) is 1. The molecular weight excluding hydrogens is 240 g/mol. The summed E-state index contributed by atoms with van der Waals surface area (Å²) in [5.74, 6) is 0. The molecule has 3 heteroatoms. The van der Waals surface area contributed by atoms with E-state index in [1.54, 1.807) is 0 Å². The quantitative estimate of drug-likeness (QED) is 0.895. The Hall–Kier alpha value is -1.79. The number of anilines is 1. The van der Waals surface area contributed by atoms with Crippen LogP contribution >= 0.6 is 11.3 Å². The van der Waals surface area contributed by atoms with E-state index in [-0.39, 0.29) is 0 Å². The predicted molar refractivity (Wildman–Crippen MR) is 77.0 cm³/mol. The maximum absolute atomic E-state index is 9.10. The van der Waals surface area contributed by atoms with E-state index >= 15 is 0 Å². The van der Waals surface area contributed by atoms with Crippen molar-refractivity contribution in [3.05, 3.63) is 50.7 Å². The summed E-state index contributed by atoms with van der Waals surface area (Å²) in [6, 6.07) is 10.2. The van der Waals surface area contributed by atoms with Crippen LogP contribution in [0, 0.1) is 32.1 Å². The lowest BCUT2D eigenvalue weighted by Gasteiger charge is -2.10. The van der Waals surface area contributed by atoms with E-state index < -0.39 is 0 Å². The molecule has 92 valence electrons. The van der Waals surface area contributed by atoms with Gasteiger partial charge in [0.25, 0.3) is 0 Å². The van der Waals surface area contributed by atoms with Gasteiger partial charge >= 0.3 is 0 Å². The second-order valence-corrected chi connectivity index (χ2v) is 5.76. The molecule has 0 spiro atoms. The van der Waals surface area contributed by atoms with Crippen LogP contribution < -0.4 is 5.32 Å². The van der Waals surface area contributed by atoms with E-state index in [1.165, 1.54) is 15.3 Å². The fraction of sp³-hybridized carbons (Fsp3) is 0.267. The van der Waals surface area contributed by atoms with Gasteiger partial charge in [0.15, 0.2) is 0 Å². The van der Waals surface area contributed by atoms with Crippen LogP contribution in [0.5, 0.6) is 0 Å². The average molecular weight is 256 g/mol. The Labute approximate surface area is 112 Å². The molecule has 0 saturated heterocycles. The molecule has 0 aliphatic carbocycles. The molecule has 2 nitrogen and oxygen atoms in total. The normalized spacial score (nSPS) is 10.1. The van der Waals surface area contributed by atoms with Crippen LogP contribution in [0.25, 0.3) is 0 Å². The molecule has 1 aromatic carbocycles. The second-order valence-electron chi connectivity index (χ2n) is 4.41. The molecule has 1 N–H and O–H groups in total. The van der Waals surface area contributed by atoms with Crippen molar-refractivity contribution in [1.82, 2.24) is 0 Å². The SMILES string of the molecule is Cc1cc(CNc2c(C)cccc2C#N)sc1C. The van der Waals surface area contributed by atoms with Gasteiger partial charge in [0.2, 0.25) is 0 Å². The Balaban J connectivity index is 2.18. The number of hydrogen-bond acceptors (Lipinski definition) is 3. The van der Waals surface area contributed by atoms with Gasteiger partial charge in [-0.3, -0.25) is 0 Å². The van der Waals surface area contributed by atoms with Gasteiger partial charge in [0.05, 0.1) is 11.3 Å². The third-order valence-corrected chi connectivity index (χ3v) is 4.20. The average Bonchev–Trinajstić information content (AvgIpc) is 2.67. The van der Waals surface area contributed by atoms with Crippen LogP contribution in [0.3, 0.4) is 0 Å². The number of aryl methyl sites for hydroxylation is 3. The van der Waals surface area contributed by atoms with Gasteiger partial charge in [0, 0.05) is 16.3 Å². The molecule has 0 unspecified atom stereocenters. The molecule has 0 fully saturated rings. The van der Waals surface area contributed by atoms with Gasteiger partial charge in [0.1, 0.15) is 6.07 Å². The zero-order valence-corrected chi connectivity index (χ0v) is 11.7. The Morgan fingerprint density at radius 3 is 2.61 bits per heavy atom. The van der Waals surface area contributed by atoms with E-state index in [0.29, 0.717) is 5.56 Å². The van der Waals surface area contributed by atoms with E-state index in [9.17, 15) is 0 Å². The monoisotopic (exact) mass is 256 g/mol. The Morgan fingerprint density at radius 1 is 1.22 bits per heavy atom. The first-order valence-electron chi connectivity index (χ1n) is 5.91. The summed E-state index contributed by atoms with van der Waals surface area (Å²) in [5.41, 5.74) is 4.10. The fourth-order valence-electron chi connectivity index (χ4n) is 1.91. The molecule has 1 heterocycles. The third-order valence-electron chi connectivity index (χ3n) is 3.05. The van der Waals surface area contributed by atoms with Crippen molar-refractivity contribution in [3.63, 3.8) is 0 Å². The molecule has 0 atom stereocenters. The van der Waals surface area contributed by atoms with Gasteiger partial charge in [-0.25, -0.2) is 0 Å². The fourth-order valence-corrected chi connectivity index (χ4v) is 2.90. The minimum absolute atomic E-state index is 0.708. The lowest BCUT2D eigenvalue weighted by atomic mass is 10.1. The van der Waals surface area contributed by atoms with Crippen molar-refractivity contribution in [3.8, 4) is 6.07 Å². The standard InChI is InChI=1S/C15H16N2S/c1-10-5-4-6-13(8-16)15(10)17-9-14-7-11(2)12(3)18-14/h4-7,17H,9H2,1-3H3. The summed E-state index contributed by atoms with van der Waals surface area (Å²) in [5, 5.41) is 12.5. The summed E-state index contributed by atoms with van der Waals surface area (Å²) >= 11 is 1.81. The molecule has 18 heavy (non-hydrogen) atoms. The highest BCUT2D eigenvalue weighted by Gasteiger charge is 2.06. The molecule has 2 rings (SSSR count). The van der Waals surface area contributed by atoms with Crippen LogP contribution in [0.4, 0.5) is 5.69 Å². The Bertz CT molecular complexity index is 586. The van der Waals surface area contributed by atoms with Gasteiger partial charge in [-0.05, 0) is 44.0 Å². The molecule has 1 aromatic heterocycles. The van der Waals surface area contributed by atoms with Crippen molar-refractivity contribution in [2.45, 2.75) is 27.3 Å². The minimum atomic E-state index is 0.708. The highest BCUT2D eigenvalue weighted by atomic mass is 32.1. The second kappa shape index (κ2) is 5.24. The predicted octanol–water partition coefficient (Wildman–Crippen LogP) is 4.16. The van der Waals surface area contributed by atoms with Crippen LogP contribution in [0.1, 0.15) is 26.4 Å². The van der Waals surface area contributed by atoms with Gasteiger partial charge in [-0.1, -0.05) is 12.1 Å². The maximum Gasteiger partial charge on any atom is 0.101 e. The summed E-state index contributed by atoms with van der Waals surface area (Å²) in [4.78, 5) is 2.66. The molecule has 0 radical (unpaired) electrons. The first-order chi connectivity index (χ1) is 8.61. The molecule has 0 aliphatic rings. The van der Waals surface area contributed by atoms with Crippen LogP contribution in [-0.2, 0) is 6.54 Å². The number of nitrogens with one attached hydrogen (secondary N) is 1. The van der Waals surface area contributed by atoms with Crippen molar-refractivity contribution >= 4 is 17.0 Å². The lowest BCUT2D eigenvalue weighted by Crippen LogP contribution is -2.01. The molecular formula is C15H16N2S. The molecule has 0 amide bonds. The van der Waals surface area contributed by atoms with Crippen LogP contribution in [-0.4, -0.2) is 0 Å². The smallest absolute Gasteiger partial charge is 0.101 e. The highest BCUT2D eigenvalue weighted by molar-refractivity contribution is 7.12. The third kappa shape index (κ3) is 2.55. The van der Waals surface area contributed by atoms with E-state index in [0.717, 1.165) is 17.8 Å². The van der Waals surface area contributed by atoms with Crippen molar-refractivity contribution < 1.29 is 0 Å². The molecule has 2 aromatic rings. The summed E-state index contributed by atoms with van der Waals surface area (Å²) < 4.78 is 0. The zero-order chi connectivity index (χ0) is 13.1. The minimum Gasteiger partial charge on any atom is -0.379 e. The van der Waals surface area contributed by atoms with E-state index in [1.807, 2.05) is 36.5 Å². The topological polar surface area (TPSA) is 35.8 Å². The number of para-hydroxylation sites is 1. The van der Waals surface area contributed by atoms with Gasteiger partial charge in [-0.15, -0.1) is 11.3 Å². The largest absolute Gasteiger partial charge is 0.379 e. The van der Waals surface area contributed by atoms with Crippen molar-refractivity contribution in [1.29, 1.82) is 5.26 Å². The van der Waals surface area contributed by atoms with Gasteiger partial charge in [-0.2, -0.15) is 5.26 Å². The van der Waals surface area contributed by atoms with E-state index in [4.69, 9.17) is 5.26 Å². The lowest BCUT2D eigenvalue weighted by molar-refractivity contribution is 1.17.